The van der Waals surface area contributed by atoms with E-state index < -0.39 is 11.7 Å². The Morgan fingerprint density at radius 1 is 1.10 bits per heavy atom. The quantitative estimate of drug-likeness (QED) is 0.764. The van der Waals surface area contributed by atoms with Crippen LogP contribution in [0, 0.1) is 12.8 Å². The van der Waals surface area contributed by atoms with E-state index in [4.69, 9.17) is 4.74 Å². The molecule has 0 aliphatic carbocycles. The first-order chi connectivity index (χ1) is 13.6. The van der Waals surface area contributed by atoms with Gasteiger partial charge in [-0.15, -0.1) is 0 Å². The van der Waals surface area contributed by atoms with E-state index in [0.717, 1.165) is 24.0 Å². The molecule has 0 bridgehead atoms. The van der Waals surface area contributed by atoms with Crippen LogP contribution in [0.4, 0.5) is 4.79 Å². The second-order valence-electron chi connectivity index (χ2n) is 8.59. The number of hydrogen-bond acceptors (Lipinski definition) is 4. The first-order valence-corrected chi connectivity index (χ1v) is 10.2. The summed E-state index contributed by atoms with van der Waals surface area (Å²) in [5.41, 5.74) is 1.58. The molecule has 3 amide bonds. The van der Waals surface area contributed by atoms with Gasteiger partial charge in [0.25, 0.3) is 0 Å². The van der Waals surface area contributed by atoms with Gasteiger partial charge in [0.05, 0.1) is 6.42 Å². The highest BCUT2D eigenvalue weighted by Gasteiger charge is 2.24. The maximum absolute atomic E-state index is 12.3. The molecule has 7 heteroatoms. The van der Waals surface area contributed by atoms with Gasteiger partial charge in [0, 0.05) is 19.6 Å². The molecule has 0 atom stereocenters. The number of hydrogen-bond donors (Lipinski definition) is 2. The standard InChI is InChI=1S/C22H33N3O4/c1-16-7-5-6-8-18(16)13-19(26)23-14-17-9-11-25(12-10-17)20(27)15-24-21(28)29-22(2,3)4/h5-8,17H,9-15H2,1-4H3,(H,23,26)(H,24,28). The van der Waals surface area contributed by atoms with E-state index in [1.165, 1.54) is 0 Å². The fourth-order valence-corrected chi connectivity index (χ4v) is 3.26. The van der Waals surface area contributed by atoms with E-state index in [1.54, 1.807) is 25.7 Å². The van der Waals surface area contributed by atoms with E-state index in [1.807, 2.05) is 31.2 Å². The molecule has 160 valence electrons. The van der Waals surface area contributed by atoms with Crippen molar-refractivity contribution in [3.63, 3.8) is 0 Å². The molecule has 0 aromatic heterocycles. The van der Waals surface area contributed by atoms with Gasteiger partial charge in [-0.3, -0.25) is 9.59 Å². The summed E-state index contributed by atoms with van der Waals surface area (Å²) in [6.45, 7) is 9.17. The van der Waals surface area contributed by atoms with Crippen LogP contribution in [0.1, 0.15) is 44.7 Å². The fraction of sp³-hybridized carbons (Fsp3) is 0.591. The van der Waals surface area contributed by atoms with Gasteiger partial charge in [0.2, 0.25) is 11.8 Å². The number of ether oxygens (including phenoxy) is 1. The number of benzene rings is 1. The van der Waals surface area contributed by atoms with Crippen molar-refractivity contribution in [3.05, 3.63) is 35.4 Å². The van der Waals surface area contributed by atoms with E-state index in [0.29, 0.717) is 32.0 Å². The molecule has 0 spiro atoms. The van der Waals surface area contributed by atoms with E-state index in [9.17, 15) is 14.4 Å². The van der Waals surface area contributed by atoms with Crippen LogP contribution in [0.15, 0.2) is 24.3 Å². The maximum atomic E-state index is 12.3. The molecule has 1 aromatic carbocycles. The maximum Gasteiger partial charge on any atom is 0.408 e. The number of amides is 3. The van der Waals surface area contributed by atoms with Crippen LogP contribution < -0.4 is 10.6 Å². The van der Waals surface area contributed by atoms with E-state index in [-0.39, 0.29) is 18.4 Å². The van der Waals surface area contributed by atoms with Crippen molar-refractivity contribution in [1.29, 1.82) is 0 Å². The smallest absolute Gasteiger partial charge is 0.408 e. The van der Waals surface area contributed by atoms with Crippen molar-refractivity contribution in [3.8, 4) is 0 Å². The number of nitrogens with one attached hydrogen (secondary N) is 2. The molecule has 2 N–H and O–H groups in total. The minimum absolute atomic E-state index is 0.0272. The molecule has 0 radical (unpaired) electrons. The van der Waals surface area contributed by atoms with Crippen molar-refractivity contribution < 1.29 is 19.1 Å². The molecule has 1 aliphatic rings. The van der Waals surface area contributed by atoms with Crippen molar-refractivity contribution in [2.75, 3.05) is 26.2 Å². The summed E-state index contributed by atoms with van der Waals surface area (Å²) < 4.78 is 5.14. The Kier molecular flexibility index (Phi) is 8.05. The first-order valence-electron chi connectivity index (χ1n) is 10.2. The van der Waals surface area contributed by atoms with Gasteiger partial charge in [-0.25, -0.2) is 4.79 Å². The SMILES string of the molecule is Cc1ccccc1CC(=O)NCC1CCN(C(=O)CNC(=O)OC(C)(C)C)CC1. The van der Waals surface area contributed by atoms with Crippen LogP contribution in [0.3, 0.4) is 0 Å². The molecule has 2 rings (SSSR count). The van der Waals surface area contributed by atoms with Gasteiger partial charge in [-0.05, 0) is 57.6 Å². The van der Waals surface area contributed by atoms with Gasteiger partial charge in [-0.1, -0.05) is 24.3 Å². The molecule has 1 aliphatic heterocycles. The summed E-state index contributed by atoms with van der Waals surface area (Å²) in [6, 6.07) is 7.90. The lowest BCUT2D eigenvalue weighted by Gasteiger charge is -2.32. The number of piperidine rings is 1. The number of nitrogens with zero attached hydrogens (tertiary/aromatic N) is 1. The summed E-state index contributed by atoms with van der Waals surface area (Å²) in [4.78, 5) is 37.9. The monoisotopic (exact) mass is 403 g/mol. The summed E-state index contributed by atoms with van der Waals surface area (Å²) in [7, 11) is 0. The fourth-order valence-electron chi connectivity index (χ4n) is 3.26. The highest BCUT2D eigenvalue weighted by molar-refractivity contribution is 5.82. The molecule has 0 unspecified atom stereocenters. The highest BCUT2D eigenvalue weighted by atomic mass is 16.6. The van der Waals surface area contributed by atoms with Crippen molar-refractivity contribution in [2.45, 2.75) is 52.6 Å². The lowest BCUT2D eigenvalue weighted by molar-refractivity contribution is -0.131. The highest BCUT2D eigenvalue weighted by Crippen LogP contribution is 2.16. The Labute approximate surface area is 173 Å². The Bertz CT molecular complexity index is 719. The number of aryl methyl sites for hydroxylation is 1. The van der Waals surface area contributed by atoms with Crippen LogP contribution in [0.5, 0.6) is 0 Å². The van der Waals surface area contributed by atoms with Crippen molar-refractivity contribution >= 4 is 17.9 Å². The molecule has 1 aromatic rings. The third-order valence-electron chi connectivity index (χ3n) is 4.95. The van der Waals surface area contributed by atoms with Gasteiger partial charge < -0.3 is 20.3 Å². The minimum atomic E-state index is -0.588. The number of carbonyl (C=O) groups excluding carboxylic acids is 3. The molecule has 29 heavy (non-hydrogen) atoms. The lowest BCUT2D eigenvalue weighted by atomic mass is 9.96. The summed E-state index contributed by atoms with van der Waals surface area (Å²) in [5.74, 6) is 0.274. The van der Waals surface area contributed by atoms with E-state index >= 15 is 0 Å². The Hall–Kier alpha value is -2.57. The average Bonchev–Trinajstić information content (AvgIpc) is 2.65. The average molecular weight is 404 g/mol. The second kappa shape index (κ2) is 10.3. The second-order valence-corrected chi connectivity index (χ2v) is 8.59. The first kappa shape index (κ1) is 22.7. The molecule has 7 nitrogen and oxygen atoms in total. The Morgan fingerprint density at radius 3 is 2.38 bits per heavy atom. The van der Waals surface area contributed by atoms with Crippen molar-refractivity contribution in [2.24, 2.45) is 5.92 Å². The Morgan fingerprint density at radius 2 is 1.76 bits per heavy atom. The summed E-state index contributed by atoms with van der Waals surface area (Å²) in [6.07, 6.45) is 1.48. The third-order valence-corrected chi connectivity index (χ3v) is 4.95. The third kappa shape index (κ3) is 8.13. The van der Waals surface area contributed by atoms with Gasteiger partial charge in [0.1, 0.15) is 12.1 Å². The Balaban J connectivity index is 1.65. The van der Waals surface area contributed by atoms with Crippen LogP contribution >= 0.6 is 0 Å². The predicted octanol–water partition coefficient (Wildman–Crippen LogP) is 2.42. The number of alkyl carbamates (subject to hydrolysis) is 1. The van der Waals surface area contributed by atoms with Gasteiger partial charge >= 0.3 is 6.09 Å². The van der Waals surface area contributed by atoms with Crippen LogP contribution in [0.25, 0.3) is 0 Å². The van der Waals surface area contributed by atoms with E-state index in [2.05, 4.69) is 10.6 Å². The predicted molar refractivity (Wildman–Crippen MR) is 111 cm³/mol. The lowest BCUT2D eigenvalue weighted by Crippen LogP contribution is -2.46. The largest absolute Gasteiger partial charge is 0.444 e. The van der Waals surface area contributed by atoms with Crippen molar-refractivity contribution in [1.82, 2.24) is 15.5 Å². The molecule has 1 saturated heterocycles. The summed E-state index contributed by atoms with van der Waals surface area (Å²) >= 11 is 0. The minimum Gasteiger partial charge on any atom is -0.444 e. The van der Waals surface area contributed by atoms with Crippen LogP contribution in [-0.2, 0) is 20.7 Å². The summed E-state index contributed by atoms with van der Waals surface area (Å²) in [5, 5.41) is 5.52. The van der Waals surface area contributed by atoms with Gasteiger partial charge in [0.15, 0.2) is 0 Å². The molecule has 1 fully saturated rings. The van der Waals surface area contributed by atoms with Gasteiger partial charge in [-0.2, -0.15) is 0 Å². The normalized spacial score (nSPS) is 15.0. The number of rotatable bonds is 6. The molecule has 1 heterocycles. The molecule has 0 saturated carbocycles. The zero-order chi connectivity index (χ0) is 21.4. The number of likely N-dealkylation sites (tertiary alicyclic amines) is 1. The van der Waals surface area contributed by atoms with Crippen LogP contribution in [-0.4, -0.2) is 54.6 Å². The van der Waals surface area contributed by atoms with Crippen LogP contribution in [0.2, 0.25) is 0 Å². The molecular weight excluding hydrogens is 370 g/mol. The molecular formula is C22H33N3O4. The topological polar surface area (TPSA) is 87.7 Å². The zero-order valence-corrected chi connectivity index (χ0v) is 17.9. The number of carbonyl (C=O) groups is 3. The zero-order valence-electron chi connectivity index (χ0n) is 17.9.